The molecule has 1 saturated heterocycles. The van der Waals surface area contributed by atoms with Crippen molar-refractivity contribution in [3.05, 3.63) is 59.0 Å². The van der Waals surface area contributed by atoms with E-state index in [2.05, 4.69) is 28.3 Å². The number of carbonyl (C=O) groups excluding carboxylic acids is 2. The van der Waals surface area contributed by atoms with E-state index in [1.807, 2.05) is 17.2 Å². The van der Waals surface area contributed by atoms with Crippen LogP contribution < -0.4 is 5.73 Å². The molecule has 2 N–H and O–H groups in total. The van der Waals surface area contributed by atoms with Gasteiger partial charge in [-0.1, -0.05) is 24.3 Å². The van der Waals surface area contributed by atoms with Crippen molar-refractivity contribution in [2.75, 3.05) is 13.1 Å². The molecule has 1 aromatic carbocycles. The lowest BCUT2D eigenvalue weighted by Gasteiger charge is -2.30. The number of benzene rings is 1. The second-order valence-electron chi connectivity index (χ2n) is 9.30. The highest BCUT2D eigenvalue weighted by Gasteiger charge is 2.36. The Balaban J connectivity index is 1.34. The van der Waals surface area contributed by atoms with Crippen molar-refractivity contribution >= 4 is 11.8 Å². The van der Waals surface area contributed by atoms with Crippen LogP contribution in [0.25, 0.3) is 17.2 Å². The van der Waals surface area contributed by atoms with Gasteiger partial charge in [0.15, 0.2) is 0 Å². The molecule has 2 aliphatic carbocycles. The van der Waals surface area contributed by atoms with E-state index in [1.54, 1.807) is 10.9 Å². The van der Waals surface area contributed by atoms with Gasteiger partial charge in [-0.2, -0.15) is 5.10 Å². The Morgan fingerprint density at radius 1 is 0.970 bits per heavy atom. The first-order chi connectivity index (χ1) is 16.1. The number of amides is 2. The van der Waals surface area contributed by atoms with Crippen LogP contribution in [0.5, 0.6) is 0 Å². The molecule has 1 saturated carbocycles. The van der Waals surface area contributed by atoms with Crippen molar-refractivity contribution in [3.63, 3.8) is 0 Å². The highest BCUT2D eigenvalue weighted by Crippen LogP contribution is 2.43. The van der Waals surface area contributed by atoms with E-state index < -0.39 is 0 Å². The van der Waals surface area contributed by atoms with Gasteiger partial charge >= 0.3 is 0 Å². The normalized spacial score (nSPS) is 18.0. The number of nitrogens with zero attached hydrogens (tertiary/aromatic N) is 5. The number of hydrogen-bond donors (Lipinski definition) is 1. The van der Waals surface area contributed by atoms with Crippen molar-refractivity contribution in [2.24, 2.45) is 11.7 Å². The zero-order chi connectivity index (χ0) is 22.5. The van der Waals surface area contributed by atoms with Crippen LogP contribution in [0.1, 0.15) is 58.8 Å². The molecule has 2 fully saturated rings. The van der Waals surface area contributed by atoms with E-state index >= 15 is 0 Å². The van der Waals surface area contributed by atoms with Gasteiger partial charge in [-0.15, -0.1) is 0 Å². The lowest BCUT2D eigenvalue weighted by molar-refractivity contribution is -0.123. The number of aryl methyl sites for hydroxylation is 2. The summed E-state index contributed by atoms with van der Waals surface area (Å²) in [6.07, 6.45) is 8.77. The summed E-state index contributed by atoms with van der Waals surface area (Å²) in [7, 11) is 0. The minimum Gasteiger partial charge on any atom is -0.369 e. The van der Waals surface area contributed by atoms with Crippen LogP contribution in [0, 0.1) is 5.92 Å². The smallest absolute Gasteiger partial charge is 0.257 e. The Morgan fingerprint density at radius 2 is 1.73 bits per heavy atom. The van der Waals surface area contributed by atoms with Crippen molar-refractivity contribution in [1.29, 1.82) is 0 Å². The summed E-state index contributed by atoms with van der Waals surface area (Å²) in [6, 6.07) is 8.37. The van der Waals surface area contributed by atoms with Crippen LogP contribution in [0.4, 0.5) is 0 Å². The van der Waals surface area contributed by atoms with E-state index in [4.69, 9.17) is 10.7 Å². The SMILES string of the molecule is NC(=O)C1CCN(C(=O)c2cnn(-c3ncc4c(n3)-c3ccccc3CC4)c2C2CC2)CC1. The Labute approximate surface area is 191 Å². The van der Waals surface area contributed by atoms with E-state index in [9.17, 15) is 9.59 Å². The molecule has 0 spiro atoms. The molecule has 1 aliphatic heterocycles. The Kier molecular flexibility index (Phi) is 4.74. The molecule has 6 rings (SSSR count). The van der Waals surface area contributed by atoms with Gasteiger partial charge in [-0.3, -0.25) is 9.59 Å². The van der Waals surface area contributed by atoms with Gasteiger partial charge < -0.3 is 10.6 Å². The first-order valence-electron chi connectivity index (χ1n) is 11.7. The number of rotatable bonds is 4. The molecule has 2 aromatic heterocycles. The summed E-state index contributed by atoms with van der Waals surface area (Å²) >= 11 is 0. The lowest BCUT2D eigenvalue weighted by atomic mass is 9.90. The molecule has 2 amide bonds. The molecule has 0 atom stereocenters. The zero-order valence-corrected chi connectivity index (χ0v) is 18.4. The van der Waals surface area contributed by atoms with Crippen LogP contribution in [0.15, 0.2) is 36.7 Å². The molecule has 0 radical (unpaired) electrons. The molecule has 8 nitrogen and oxygen atoms in total. The van der Waals surface area contributed by atoms with Crippen molar-refractivity contribution in [3.8, 4) is 17.2 Å². The molecule has 0 unspecified atom stereocenters. The molecule has 168 valence electrons. The van der Waals surface area contributed by atoms with Gasteiger partial charge in [0.25, 0.3) is 11.9 Å². The van der Waals surface area contributed by atoms with Gasteiger partial charge in [-0.05, 0) is 49.7 Å². The maximum absolute atomic E-state index is 13.4. The predicted molar refractivity (Wildman–Crippen MR) is 122 cm³/mol. The summed E-state index contributed by atoms with van der Waals surface area (Å²) in [5, 5.41) is 4.58. The predicted octanol–water partition coefficient (Wildman–Crippen LogP) is 2.64. The summed E-state index contributed by atoms with van der Waals surface area (Å²) in [6.45, 7) is 1.07. The van der Waals surface area contributed by atoms with Crippen LogP contribution in [-0.4, -0.2) is 49.6 Å². The van der Waals surface area contributed by atoms with E-state index in [-0.39, 0.29) is 17.7 Å². The Bertz CT molecular complexity index is 1250. The third kappa shape index (κ3) is 3.50. The number of fused-ring (bicyclic) bond motifs is 3. The molecular formula is C25H26N6O2. The fourth-order valence-corrected chi connectivity index (χ4v) is 5.12. The highest BCUT2D eigenvalue weighted by molar-refractivity contribution is 5.95. The molecule has 3 aromatic rings. The van der Waals surface area contributed by atoms with Crippen molar-refractivity contribution in [1.82, 2.24) is 24.6 Å². The third-order valence-corrected chi connectivity index (χ3v) is 7.16. The van der Waals surface area contributed by atoms with E-state index in [0.717, 1.165) is 48.2 Å². The minimum absolute atomic E-state index is 0.0330. The maximum atomic E-state index is 13.4. The number of carbonyl (C=O) groups is 2. The number of primary amides is 1. The highest BCUT2D eigenvalue weighted by atomic mass is 16.2. The van der Waals surface area contributed by atoms with Crippen LogP contribution in [-0.2, 0) is 17.6 Å². The molecule has 3 heterocycles. The zero-order valence-electron chi connectivity index (χ0n) is 18.4. The topological polar surface area (TPSA) is 107 Å². The van der Waals surface area contributed by atoms with Crippen LogP contribution in [0.2, 0.25) is 0 Å². The fourth-order valence-electron chi connectivity index (χ4n) is 5.12. The largest absolute Gasteiger partial charge is 0.369 e. The molecular weight excluding hydrogens is 416 g/mol. The second-order valence-corrected chi connectivity index (χ2v) is 9.30. The first kappa shape index (κ1) is 20.1. The average Bonchev–Trinajstić information content (AvgIpc) is 3.60. The summed E-state index contributed by atoms with van der Waals surface area (Å²) in [5.41, 5.74) is 11.5. The standard InChI is InChI=1S/C25H26N6O2/c26-23(32)17-9-11-30(12-10-17)24(33)20-14-28-31(22(20)16-6-7-16)25-27-13-18-8-5-15-3-1-2-4-19(15)21(18)29-25/h1-4,13-14,16-17H,5-12H2,(H2,26,32). The number of piperidine rings is 1. The van der Waals surface area contributed by atoms with Gasteiger partial charge in [0.05, 0.1) is 23.1 Å². The first-order valence-corrected chi connectivity index (χ1v) is 11.7. The lowest BCUT2D eigenvalue weighted by Crippen LogP contribution is -2.41. The van der Waals surface area contributed by atoms with Crippen LogP contribution >= 0.6 is 0 Å². The van der Waals surface area contributed by atoms with Crippen molar-refractivity contribution < 1.29 is 9.59 Å². The molecule has 33 heavy (non-hydrogen) atoms. The van der Waals surface area contributed by atoms with Crippen LogP contribution in [0.3, 0.4) is 0 Å². The second kappa shape index (κ2) is 7.79. The summed E-state index contributed by atoms with van der Waals surface area (Å²) in [4.78, 5) is 36.2. The van der Waals surface area contributed by atoms with Gasteiger partial charge in [0.2, 0.25) is 5.91 Å². The quantitative estimate of drug-likeness (QED) is 0.668. The Morgan fingerprint density at radius 3 is 2.48 bits per heavy atom. The maximum Gasteiger partial charge on any atom is 0.257 e. The number of nitrogens with two attached hydrogens (primary N) is 1. The molecule has 8 heteroatoms. The summed E-state index contributed by atoms with van der Waals surface area (Å²) in [5.74, 6) is 0.348. The Hall–Kier alpha value is -3.55. The summed E-state index contributed by atoms with van der Waals surface area (Å²) < 4.78 is 1.76. The van der Waals surface area contributed by atoms with E-state index in [0.29, 0.717) is 43.4 Å². The van der Waals surface area contributed by atoms with Gasteiger partial charge in [-0.25, -0.2) is 14.6 Å². The minimum atomic E-state index is -0.278. The van der Waals surface area contributed by atoms with E-state index in [1.165, 1.54) is 5.56 Å². The van der Waals surface area contributed by atoms with Gasteiger partial charge in [0.1, 0.15) is 0 Å². The number of likely N-dealkylation sites (tertiary alicyclic amines) is 1. The monoisotopic (exact) mass is 442 g/mol. The average molecular weight is 443 g/mol. The van der Waals surface area contributed by atoms with Crippen molar-refractivity contribution in [2.45, 2.75) is 44.4 Å². The molecule has 0 bridgehead atoms. The fraction of sp³-hybridized carbons (Fsp3) is 0.400. The van der Waals surface area contributed by atoms with Gasteiger partial charge in [0, 0.05) is 36.7 Å². The molecule has 3 aliphatic rings. The number of hydrogen-bond acceptors (Lipinski definition) is 5. The number of aromatic nitrogens is 4. The third-order valence-electron chi connectivity index (χ3n) is 7.16.